The van der Waals surface area contributed by atoms with Gasteiger partial charge >= 0.3 is 0 Å². The number of rotatable bonds is 6. The molecule has 1 fully saturated rings. The third-order valence-corrected chi connectivity index (χ3v) is 3.66. The number of halogens is 2. The minimum atomic E-state index is -0.937. The van der Waals surface area contributed by atoms with Crippen molar-refractivity contribution < 1.29 is 23.2 Å². The highest BCUT2D eigenvalue weighted by Gasteiger charge is 2.23. The molecule has 130 valence electrons. The van der Waals surface area contributed by atoms with E-state index in [1.807, 2.05) is 0 Å². The molecule has 0 spiro atoms. The van der Waals surface area contributed by atoms with Gasteiger partial charge < -0.3 is 16.0 Å². The average molecular weight is 339 g/mol. The lowest BCUT2D eigenvalue weighted by atomic mass is 10.1. The van der Waals surface area contributed by atoms with Crippen LogP contribution >= 0.6 is 0 Å². The normalized spacial score (nSPS) is 17.1. The second-order valence-corrected chi connectivity index (χ2v) is 5.54. The van der Waals surface area contributed by atoms with Gasteiger partial charge in [-0.05, 0) is 31.4 Å². The summed E-state index contributed by atoms with van der Waals surface area (Å²) in [5.74, 6) is -2.82. The summed E-state index contributed by atoms with van der Waals surface area (Å²) in [7, 11) is 0. The summed E-state index contributed by atoms with van der Waals surface area (Å²) < 4.78 is 26.2. The molecule has 3 amide bonds. The number of hydrogen-bond donors (Lipinski definition) is 3. The van der Waals surface area contributed by atoms with Crippen molar-refractivity contribution in [2.24, 2.45) is 0 Å². The first-order valence-corrected chi connectivity index (χ1v) is 7.77. The summed E-state index contributed by atoms with van der Waals surface area (Å²) in [4.78, 5) is 35.0. The maximum absolute atomic E-state index is 13.4. The third-order valence-electron chi connectivity index (χ3n) is 3.66. The maximum Gasteiger partial charge on any atom is 0.254 e. The molecular formula is C16H19F2N3O3. The number of benzene rings is 1. The van der Waals surface area contributed by atoms with Gasteiger partial charge in [0.15, 0.2) is 0 Å². The fourth-order valence-electron chi connectivity index (χ4n) is 2.40. The third kappa shape index (κ3) is 5.00. The van der Waals surface area contributed by atoms with Gasteiger partial charge in [0.2, 0.25) is 11.8 Å². The van der Waals surface area contributed by atoms with Crippen molar-refractivity contribution >= 4 is 17.7 Å². The van der Waals surface area contributed by atoms with Crippen molar-refractivity contribution in [3.05, 3.63) is 35.4 Å². The number of piperidine rings is 1. The average Bonchev–Trinajstić information content (AvgIpc) is 2.53. The summed E-state index contributed by atoms with van der Waals surface area (Å²) >= 11 is 0. The van der Waals surface area contributed by atoms with E-state index in [0.29, 0.717) is 25.5 Å². The minimum Gasteiger partial charge on any atom is -0.354 e. The zero-order valence-electron chi connectivity index (χ0n) is 13.0. The SMILES string of the molecule is O=C(CCCNC(=O)c1ccc(F)cc1F)N[C@@H]1CCCNC1=O. The van der Waals surface area contributed by atoms with E-state index in [-0.39, 0.29) is 30.3 Å². The summed E-state index contributed by atoms with van der Waals surface area (Å²) in [6.45, 7) is 0.789. The van der Waals surface area contributed by atoms with Crippen LogP contribution in [-0.2, 0) is 9.59 Å². The Labute approximate surface area is 138 Å². The zero-order valence-corrected chi connectivity index (χ0v) is 13.0. The summed E-state index contributed by atoms with van der Waals surface area (Å²) in [6, 6.07) is 2.20. The predicted molar refractivity (Wildman–Crippen MR) is 82.1 cm³/mol. The van der Waals surface area contributed by atoms with E-state index in [9.17, 15) is 23.2 Å². The topological polar surface area (TPSA) is 87.3 Å². The molecule has 0 radical (unpaired) electrons. The van der Waals surface area contributed by atoms with Crippen molar-refractivity contribution in [3.8, 4) is 0 Å². The molecule has 6 nitrogen and oxygen atoms in total. The highest BCUT2D eigenvalue weighted by molar-refractivity contribution is 5.94. The Bertz CT molecular complexity index is 637. The second kappa shape index (κ2) is 8.37. The van der Waals surface area contributed by atoms with Gasteiger partial charge in [-0.25, -0.2) is 8.78 Å². The van der Waals surface area contributed by atoms with Gasteiger partial charge in [0.25, 0.3) is 5.91 Å². The molecule has 24 heavy (non-hydrogen) atoms. The molecular weight excluding hydrogens is 320 g/mol. The van der Waals surface area contributed by atoms with E-state index in [1.165, 1.54) is 0 Å². The zero-order chi connectivity index (χ0) is 17.5. The molecule has 1 saturated heterocycles. The Morgan fingerprint density at radius 2 is 2.08 bits per heavy atom. The predicted octanol–water partition coefficient (Wildman–Crippen LogP) is 0.870. The molecule has 1 heterocycles. The molecule has 3 N–H and O–H groups in total. The molecule has 0 bridgehead atoms. The van der Waals surface area contributed by atoms with Gasteiger partial charge in [-0.15, -0.1) is 0 Å². The van der Waals surface area contributed by atoms with Crippen LogP contribution in [-0.4, -0.2) is 36.9 Å². The number of amides is 3. The lowest BCUT2D eigenvalue weighted by Crippen LogP contribution is -2.50. The maximum atomic E-state index is 13.4. The number of hydrogen-bond acceptors (Lipinski definition) is 3. The first-order chi connectivity index (χ1) is 11.5. The van der Waals surface area contributed by atoms with Crippen LogP contribution in [0.25, 0.3) is 0 Å². The van der Waals surface area contributed by atoms with E-state index in [0.717, 1.165) is 18.6 Å². The van der Waals surface area contributed by atoms with E-state index in [2.05, 4.69) is 16.0 Å². The van der Waals surface area contributed by atoms with Gasteiger partial charge in [-0.2, -0.15) is 0 Å². The summed E-state index contributed by atoms with van der Waals surface area (Å²) in [5, 5.41) is 7.78. The highest BCUT2D eigenvalue weighted by Crippen LogP contribution is 2.09. The molecule has 8 heteroatoms. The van der Waals surface area contributed by atoms with Crippen LogP contribution in [0.5, 0.6) is 0 Å². The molecule has 0 aliphatic carbocycles. The van der Waals surface area contributed by atoms with E-state index in [1.54, 1.807) is 0 Å². The van der Waals surface area contributed by atoms with Crippen LogP contribution in [0.2, 0.25) is 0 Å². The monoisotopic (exact) mass is 339 g/mol. The van der Waals surface area contributed by atoms with E-state index in [4.69, 9.17) is 0 Å². The Balaban J connectivity index is 1.69. The molecule has 1 aromatic rings. The molecule has 1 atom stereocenters. The van der Waals surface area contributed by atoms with Crippen molar-refractivity contribution in [1.82, 2.24) is 16.0 Å². The molecule has 0 saturated carbocycles. The van der Waals surface area contributed by atoms with E-state index >= 15 is 0 Å². The lowest BCUT2D eigenvalue weighted by molar-refractivity contribution is -0.130. The van der Waals surface area contributed by atoms with Gasteiger partial charge in [0.1, 0.15) is 17.7 Å². The standard InChI is InChI=1S/C16H19F2N3O3/c17-10-5-6-11(12(18)9-10)15(23)19-8-2-4-14(22)21-13-3-1-7-20-16(13)24/h5-6,9,13H,1-4,7-8H2,(H,19,23)(H,20,24)(H,21,22)/t13-/m1/s1. The van der Waals surface area contributed by atoms with Crippen molar-refractivity contribution in [2.75, 3.05) is 13.1 Å². The van der Waals surface area contributed by atoms with Crippen LogP contribution in [0, 0.1) is 11.6 Å². The second-order valence-electron chi connectivity index (χ2n) is 5.54. The Morgan fingerprint density at radius 1 is 1.29 bits per heavy atom. The van der Waals surface area contributed by atoms with Crippen molar-refractivity contribution in [2.45, 2.75) is 31.7 Å². The highest BCUT2D eigenvalue weighted by atomic mass is 19.1. The van der Waals surface area contributed by atoms with Crippen molar-refractivity contribution in [1.29, 1.82) is 0 Å². The molecule has 0 unspecified atom stereocenters. The number of carbonyl (C=O) groups is 3. The lowest BCUT2D eigenvalue weighted by Gasteiger charge is -2.22. The van der Waals surface area contributed by atoms with Gasteiger partial charge in [-0.1, -0.05) is 0 Å². The van der Waals surface area contributed by atoms with Crippen LogP contribution in [0.3, 0.4) is 0 Å². The summed E-state index contributed by atoms with van der Waals surface area (Å²) in [6.07, 6.45) is 1.90. The molecule has 1 aliphatic rings. The Hall–Kier alpha value is -2.51. The van der Waals surface area contributed by atoms with Gasteiger partial charge in [0.05, 0.1) is 5.56 Å². The number of carbonyl (C=O) groups excluding carboxylic acids is 3. The van der Waals surface area contributed by atoms with Gasteiger partial charge in [0, 0.05) is 25.6 Å². The first kappa shape index (κ1) is 17.8. The molecule has 1 aliphatic heterocycles. The van der Waals surface area contributed by atoms with Crippen molar-refractivity contribution in [3.63, 3.8) is 0 Å². The molecule has 2 rings (SSSR count). The van der Waals surface area contributed by atoms with Crippen LogP contribution in [0.15, 0.2) is 18.2 Å². The van der Waals surface area contributed by atoms with E-state index < -0.39 is 23.6 Å². The smallest absolute Gasteiger partial charge is 0.254 e. The summed E-state index contributed by atoms with van der Waals surface area (Å²) in [5.41, 5.74) is -0.250. The van der Waals surface area contributed by atoms with Crippen LogP contribution < -0.4 is 16.0 Å². The van der Waals surface area contributed by atoms with Gasteiger partial charge in [-0.3, -0.25) is 14.4 Å². The van der Waals surface area contributed by atoms with Crippen LogP contribution in [0.4, 0.5) is 8.78 Å². The Kier molecular flexibility index (Phi) is 6.22. The number of nitrogens with one attached hydrogen (secondary N) is 3. The van der Waals surface area contributed by atoms with Crippen LogP contribution in [0.1, 0.15) is 36.0 Å². The minimum absolute atomic E-state index is 0.135. The molecule has 0 aromatic heterocycles. The molecule has 1 aromatic carbocycles. The Morgan fingerprint density at radius 3 is 2.79 bits per heavy atom. The quantitative estimate of drug-likeness (QED) is 0.672. The first-order valence-electron chi connectivity index (χ1n) is 7.77. The fourth-order valence-corrected chi connectivity index (χ4v) is 2.40. The fraction of sp³-hybridized carbons (Fsp3) is 0.438. The largest absolute Gasteiger partial charge is 0.354 e.